The molecule has 0 radical (unpaired) electrons. The summed E-state index contributed by atoms with van der Waals surface area (Å²) in [6.45, 7) is 2.72. The van der Waals surface area contributed by atoms with Gasteiger partial charge < -0.3 is 5.32 Å². The third-order valence-corrected chi connectivity index (χ3v) is 3.70. The highest BCUT2D eigenvalue weighted by Gasteiger charge is 2.16. The molecule has 21 heavy (non-hydrogen) atoms. The fraction of sp³-hybridized carbons (Fsp3) is 0.167. The zero-order valence-corrected chi connectivity index (χ0v) is 12.0. The quantitative estimate of drug-likeness (QED) is 0.874. The first-order valence-electron chi connectivity index (χ1n) is 7.19. The van der Waals surface area contributed by atoms with Gasteiger partial charge >= 0.3 is 6.03 Å². The van der Waals surface area contributed by atoms with Gasteiger partial charge in [-0.25, -0.2) is 4.79 Å². The summed E-state index contributed by atoms with van der Waals surface area (Å²) in [5, 5.41) is 2.93. The van der Waals surface area contributed by atoms with Gasteiger partial charge in [-0.15, -0.1) is 0 Å². The highest BCUT2D eigenvalue weighted by atomic mass is 16.2. The van der Waals surface area contributed by atoms with Crippen molar-refractivity contribution in [2.45, 2.75) is 19.9 Å². The van der Waals surface area contributed by atoms with Crippen molar-refractivity contribution in [3.8, 4) is 0 Å². The molecule has 3 rings (SSSR count). The number of aryl methyl sites for hydroxylation is 1. The number of benzene rings is 2. The summed E-state index contributed by atoms with van der Waals surface area (Å²) in [5.41, 5.74) is 4.43. The maximum atomic E-state index is 12.3. The fourth-order valence-electron chi connectivity index (χ4n) is 2.41. The van der Waals surface area contributed by atoms with Crippen LogP contribution in [0.4, 0.5) is 10.5 Å². The zero-order valence-electron chi connectivity index (χ0n) is 12.0. The van der Waals surface area contributed by atoms with Gasteiger partial charge in [-0.1, -0.05) is 43.3 Å². The van der Waals surface area contributed by atoms with E-state index in [1.54, 1.807) is 4.90 Å². The minimum Gasteiger partial charge on any atom is -0.308 e. The number of anilines is 1. The second-order valence-corrected chi connectivity index (χ2v) is 5.12. The summed E-state index contributed by atoms with van der Waals surface area (Å²) in [6, 6.07) is 16.0. The number of carbonyl (C=O) groups is 1. The van der Waals surface area contributed by atoms with E-state index in [1.807, 2.05) is 48.7 Å². The first kappa shape index (κ1) is 13.4. The molecule has 0 saturated heterocycles. The molecule has 1 heterocycles. The Labute approximate surface area is 124 Å². The Morgan fingerprint density at radius 1 is 1.14 bits per heavy atom. The lowest BCUT2D eigenvalue weighted by molar-refractivity contribution is 0.227. The van der Waals surface area contributed by atoms with Gasteiger partial charge in [-0.3, -0.25) is 4.90 Å². The Morgan fingerprint density at radius 3 is 2.67 bits per heavy atom. The number of hydrogen-bond donors (Lipinski definition) is 1. The smallest absolute Gasteiger partial charge is 0.308 e. The molecule has 3 nitrogen and oxygen atoms in total. The Balaban J connectivity index is 1.69. The molecular weight excluding hydrogens is 260 g/mol. The number of rotatable bonds is 2. The van der Waals surface area contributed by atoms with E-state index in [1.165, 1.54) is 11.1 Å². The molecule has 0 aromatic heterocycles. The number of nitrogens with one attached hydrogen (secondary N) is 1. The van der Waals surface area contributed by atoms with Gasteiger partial charge in [-0.2, -0.15) is 0 Å². The highest BCUT2D eigenvalue weighted by Crippen LogP contribution is 2.20. The maximum Gasteiger partial charge on any atom is 0.326 e. The van der Waals surface area contributed by atoms with Gasteiger partial charge in [-0.05, 0) is 41.3 Å². The molecule has 0 atom stereocenters. The standard InChI is InChI=1S/C18H18N2O/c1-2-14-7-9-17(10-8-14)19-18(21)20-12-11-15-5-3-4-6-16(15)13-20/h3-12H,2,13H2,1H3,(H,19,21). The van der Waals surface area contributed by atoms with Crippen LogP contribution in [0.25, 0.3) is 6.08 Å². The first-order valence-corrected chi connectivity index (χ1v) is 7.19. The molecular formula is C18H18N2O. The molecule has 1 N–H and O–H groups in total. The fourth-order valence-corrected chi connectivity index (χ4v) is 2.41. The highest BCUT2D eigenvalue weighted by molar-refractivity contribution is 5.90. The van der Waals surface area contributed by atoms with Crippen LogP contribution in [0, 0.1) is 0 Å². The van der Waals surface area contributed by atoms with Gasteiger partial charge in [0.25, 0.3) is 0 Å². The topological polar surface area (TPSA) is 32.3 Å². The summed E-state index contributed by atoms with van der Waals surface area (Å²) < 4.78 is 0. The van der Waals surface area contributed by atoms with Crippen LogP contribution in [0.3, 0.4) is 0 Å². The Morgan fingerprint density at radius 2 is 1.90 bits per heavy atom. The van der Waals surface area contributed by atoms with Crippen LogP contribution in [0.2, 0.25) is 0 Å². The van der Waals surface area contributed by atoms with E-state index in [-0.39, 0.29) is 6.03 Å². The molecule has 2 aromatic carbocycles. The number of amides is 2. The average molecular weight is 278 g/mol. The van der Waals surface area contributed by atoms with Gasteiger partial charge in [0, 0.05) is 11.9 Å². The summed E-state index contributed by atoms with van der Waals surface area (Å²) in [7, 11) is 0. The van der Waals surface area contributed by atoms with E-state index in [2.05, 4.69) is 24.4 Å². The minimum atomic E-state index is -0.106. The summed E-state index contributed by atoms with van der Waals surface area (Å²) in [5.74, 6) is 0. The molecule has 3 heteroatoms. The van der Waals surface area contributed by atoms with Crippen LogP contribution in [0.1, 0.15) is 23.6 Å². The second-order valence-electron chi connectivity index (χ2n) is 5.12. The Kier molecular flexibility index (Phi) is 3.73. The van der Waals surface area contributed by atoms with Crippen molar-refractivity contribution in [3.63, 3.8) is 0 Å². The lowest BCUT2D eigenvalue weighted by Crippen LogP contribution is -2.31. The zero-order chi connectivity index (χ0) is 14.7. The minimum absolute atomic E-state index is 0.106. The van der Waals surface area contributed by atoms with E-state index in [0.717, 1.165) is 17.7 Å². The molecule has 0 saturated carbocycles. The van der Waals surface area contributed by atoms with E-state index in [4.69, 9.17) is 0 Å². The number of carbonyl (C=O) groups excluding carboxylic acids is 1. The molecule has 0 aliphatic carbocycles. The van der Waals surface area contributed by atoms with Crippen molar-refractivity contribution in [2.24, 2.45) is 0 Å². The van der Waals surface area contributed by atoms with Gasteiger partial charge in [0.15, 0.2) is 0 Å². The van der Waals surface area contributed by atoms with Crippen LogP contribution < -0.4 is 5.32 Å². The lowest BCUT2D eigenvalue weighted by Gasteiger charge is -2.23. The molecule has 0 bridgehead atoms. The van der Waals surface area contributed by atoms with Gasteiger partial charge in [0.2, 0.25) is 0 Å². The predicted octanol–water partition coefficient (Wildman–Crippen LogP) is 4.27. The SMILES string of the molecule is CCc1ccc(NC(=O)N2C=Cc3ccccc3C2)cc1. The number of nitrogens with zero attached hydrogens (tertiary/aromatic N) is 1. The van der Waals surface area contributed by atoms with E-state index in [9.17, 15) is 4.79 Å². The van der Waals surface area contributed by atoms with E-state index in [0.29, 0.717) is 6.54 Å². The molecule has 1 aliphatic heterocycles. The summed E-state index contributed by atoms with van der Waals surface area (Å²) in [4.78, 5) is 14.0. The Hall–Kier alpha value is -2.55. The van der Waals surface area contributed by atoms with Crippen LogP contribution >= 0.6 is 0 Å². The predicted molar refractivity (Wildman–Crippen MR) is 85.9 cm³/mol. The molecule has 1 aliphatic rings. The molecule has 2 aromatic rings. The summed E-state index contributed by atoms with van der Waals surface area (Å²) >= 11 is 0. The molecule has 2 amide bonds. The number of hydrogen-bond acceptors (Lipinski definition) is 1. The number of urea groups is 1. The Bertz CT molecular complexity index is 674. The largest absolute Gasteiger partial charge is 0.326 e. The number of fused-ring (bicyclic) bond motifs is 1. The molecule has 106 valence electrons. The molecule has 0 fully saturated rings. The van der Waals surface area contributed by atoms with Crippen molar-refractivity contribution < 1.29 is 4.79 Å². The lowest BCUT2D eigenvalue weighted by atomic mass is 10.0. The summed E-state index contributed by atoms with van der Waals surface area (Å²) in [6.07, 6.45) is 4.80. The van der Waals surface area contributed by atoms with E-state index < -0.39 is 0 Å². The van der Waals surface area contributed by atoms with Gasteiger partial charge in [0.1, 0.15) is 0 Å². The molecule has 0 unspecified atom stereocenters. The van der Waals surface area contributed by atoms with E-state index >= 15 is 0 Å². The van der Waals surface area contributed by atoms with Crippen LogP contribution in [-0.2, 0) is 13.0 Å². The van der Waals surface area contributed by atoms with Crippen LogP contribution in [0.5, 0.6) is 0 Å². The maximum absolute atomic E-state index is 12.3. The van der Waals surface area contributed by atoms with Crippen molar-refractivity contribution in [1.82, 2.24) is 4.90 Å². The van der Waals surface area contributed by atoms with Crippen molar-refractivity contribution in [2.75, 3.05) is 5.32 Å². The van der Waals surface area contributed by atoms with Crippen molar-refractivity contribution in [3.05, 3.63) is 71.4 Å². The van der Waals surface area contributed by atoms with Crippen LogP contribution in [-0.4, -0.2) is 10.9 Å². The average Bonchev–Trinajstić information content (AvgIpc) is 2.55. The molecule has 0 spiro atoms. The third-order valence-electron chi connectivity index (χ3n) is 3.70. The van der Waals surface area contributed by atoms with Crippen molar-refractivity contribution in [1.29, 1.82) is 0 Å². The van der Waals surface area contributed by atoms with Crippen molar-refractivity contribution >= 4 is 17.8 Å². The second kappa shape index (κ2) is 5.83. The first-order chi connectivity index (χ1) is 10.3. The third kappa shape index (κ3) is 2.97. The van der Waals surface area contributed by atoms with Gasteiger partial charge in [0.05, 0.1) is 6.54 Å². The normalized spacial score (nSPS) is 12.9. The monoisotopic (exact) mass is 278 g/mol. The van der Waals surface area contributed by atoms with Crippen LogP contribution in [0.15, 0.2) is 54.7 Å².